The van der Waals surface area contributed by atoms with E-state index >= 15 is 0 Å². The molecule has 5 rings (SSSR count). The zero-order valence-electron chi connectivity index (χ0n) is 17.6. The standard InChI is InChI=1S/C27H23ClN2O2/c28-22-12-3-6-15-26(22)31-18-8-17-30-24-14-5-4-13-23(24)29-27(30)19-32-25-16-7-10-20-9-1-2-11-21(20)25/h1-7,9-16H,8,17-19H2. The Labute approximate surface area is 192 Å². The average molecular weight is 443 g/mol. The summed E-state index contributed by atoms with van der Waals surface area (Å²) in [6, 6.07) is 30.1. The van der Waals surface area contributed by atoms with Gasteiger partial charge in [-0.05, 0) is 42.1 Å². The number of hydrogen-bond donors (Lipinski definition) is 0. The number of imidazole rings is 1. The molecular weight excluding hydrogens is 420 g/mol. The summed E-state index contributed by atoms with van der Waals surface area (Å²) in [6.07, 6.45) is 0.826. The summed E-state index contributed by atoms with van der Waals surface area (Å²) in [7, 11) is 0. The minimum Gasteiger partial charge on any atom is -0.492 e. The summed E-state index contributed by atoms with van der Waals surface area (Å²) in [5, 5.41) is 2.89. The zero-order chi connectivity index (χ0) is 21.8. The first-order chi connectivity index (χ1) is 15.8. The Bertz CT molecular complexity index is 1360. The zero-order valence-corrected chi connectivity index (χ0v) is 18.3. The molecule has 5 aromatic rings. The largest absolute Gasteiger partial charge is 0.492 e. The highest BCUT2D eigenvalue weighted by atomic mass is 35.5. The predicted molar refractivity (Wildman–Crippen MR) is 130 cm³/mol. The van der Waals surface area contributed by atoms with Crippen molar-refractivity contribution in [1.29, 1.82) is 0 Å². The Morgan fingerprint density at radius 1 is 0.750 bits per heavy atom. The van der Waals surface area contributed by atoms with Gasteiger partial charge >= 0.3 is 0 Å². The number of aryl methyl sites for hydroxylation is 1. The van der Waals surface area contributed by atoms with Gasteiger partial charge in [0, 0.05) is 11.9 Å². The molecule has 0 saturated carbocycles. The molecule has 160 valence electrons. The van der Waals surface area contributed by atoms with Gasteiger partial charge in [-0.15, -0.1) is 0 Å². The van der Waals surface area contributed by atoms with Crippen LogP contribution in [-0.4, -0.2) is 16.2 Å². The van der Waals surface area contributed by atoms with Crippen LogP contribution in [0.4, 0.5) is 0 Å². The lowest BCUT2D eigenvalue weighted by Crippen LogP contribution is -2.10. The van der Waals surface area contributed by atoms with Gasteiger partial charge in [0.15, 0.2) is 0 Å². The molecule has 32 heavy (non-hydrogen) atoms. The van der Waals surface area contributed by atoms with E-state index in [0.29, 0.717) is 24.0 Å². The SMILES string of the molecule is Clc1ccccc1OCCCn1c(COc2cccc3ccccc23)nc2ccccc21. The van der Waals surface area contributed by atoms with E-state index in [0.717, 1.165) is 46.3 Å². The molecule has 0 saturated heterocycles. The molecule has 0 N–H and O–H groups in total. The molecule has 1 aromatic heterocycles. The van der Waals surface area contributed by atoms with E-state index in [2.05, 4.69) is 28.8 Å². The number of nitrogens with zero attached hydrogens (tertiary/aromatic N) is 2. The van der Waals surface area contributed by atoms with Crippen molar-refractivity contribution in [2.75, 3.05) is 6.61 Å². The summed E-state index contributed by atoms with van der Waals surface area (Å²) in [5.41, 5.74) is 2.07. The molecule has 0 unspecified atom stereocenters. The number of rotatable bonds is 8. The maximum Gasteiger partial charge on any atom is 0.148 e. The number of hydrogen-bond acceptors (Lipinski definition) is 3. The minimum atomic E-state index is 0.397. The lowest BCUT2D eigenvalue weighted by molar-refractivity contribution is 0.282. The van der Waals surface area contributed by atoms with Gasteiger partial charge < -0.3 is 14.0 Å². The first-order valence-electron chi connectivity index (χ1n) is 10.7. The first kappa shape index (κ1) is 20.4. The van der Waals surface area contributed by atoms with E-state index < -0.39 is 0 Å². The second kappa shape index (κ2) is 9.33. The predicted octanol–water partition coefficient (Wildman–Crippen LogP) is 6.89. The highest BCUT2D eigenvalue weighted by molar-refractivity contribution is 6.32. The third-order valence-corrected chi connectivity index (χ3v) is 5.77. The molecule has 4 aromatic carbocycles. The van der Waals surface area contributed by atoms with E-state index in [-0.39, 0.29) is 0 Å². The molecular formula is C27H23ClN2O2. The van der Waals surface area contributed by atoms with Gasteiger partial charge in [-0.2, -0.15) is 0 Å². The molecule has 1 heterocycles. The molecule has 0 radical (unpaired) electrons. The molecule has 0 aliphatic carbocycles. The lowest BCUT2D eigenvalue weighted by Gasteiger charge is -2.13. The second-order valence-electron chi connectivity index (χ2n) is 7.57. The van der Waals surface area contributed by atoms with Crippen molar-refractivity contribution in [3.05, 3.63) is 102 Å². The van der Waals surface area contributed by atoms with Gasteiger partial charge in [0.25, 0.3) is 0 Å². The van der Waals surface area contributed by atoms with Gasteiger partial charge in [0.1, 0.15) is 23.9 Å². The fourth-order valence-corrected chi connectivity index (χ4v) is 4.11. The first-order valence-corrected chi connectivity index (χ1v) is 11.1. The van der Waals surface area contributed by atoms with E-state index in [1.54, 1.807) is 0 Å². The van der Waals surface area contributed by atoms with Crippen LogP contribution in [0.1, 0.15) is 12.2 Å². The van der Waals surface area contributed by atoms with Crippen molar-refractivity contribution in [2.24, 2.45) is 0 Å². The molecule has 0 spiro atoms. The van der Waals surface area contributed by atoms with Crippen molar-refractivity contribution in [2.45, 2.75) is 19.6 Å². The monoisotopic (exact) mass is 442 g/mol. The molecule has 0 aliphatic heterocycles. The van der Waals surface area contributed by atoms with Crippen molar-refractivity contribution in [1.82, 2.24) is 9.55 Å². The normalized spacial score (nSPS) is 11.2. The lowest BCUT2D eigenvalue weighted by atomic mass is 10.1. The topological polar surface area (TPSA) is 36.3 Å². The number of halogens is 1. The molecule has 5 heteroatoms. The molecule has 0 bridgehead atoms. The molecule has 0 fully saturated rings. The molecule has 0 amide bonds. The number of ether oxygens (including phenoxy) is 2. The summed E-state index contributed by atoms with van der Waals surface area (Å²) in [4.78, 5) is 4.83. The van der Waals surface area contributed by atoms with E-state index in [9.17, 15) is 0 Å². The van der Waals surface area contributed by atoms with Gasteiger partial charge in [-0.1, -0.05) is 72.3 Å². The van der Waals surface area contributed by atoms with Crippen LogP contribution in [0, 0.1) is 0 Å². The molecule has 0 aliphatic rings. The van der Waals surface area contributed by atoms with Crippen molar-refractivity contribution in [3.63, 3.8) is 0 Å². The highest BCUT2D eigenvalue weighted by Crippen LogP contribution is 2.27. The van der Waals surface area contributed by atoms with Crippen molar-refractivity contribution in [3.8, 4) is 11.5 Å². The second-order valence-corrected chi connectivity index (χ2v) is 7.97. The van der Waals surface area contributed by atoms with Crippen LogP contribution in [0.25, 0.3) is 21.8 Å². The van der Waals surface area contributed by atoms with E-state index in [1.807, 2.05) is 66.7 Å². The van der Waals surface area contributed by atoms with Crippen LogP contribution in [0.5, 0.6) is 11.5 Å². The maximum atomic E-state index is 6.23. The Hall–Kier alpha value is -3.50. The maximum absolute atomic E-state index is 6.23. The van der Waals surface area contributed by atoms with Crippen LogP contribution < -0.4 is 9.47 Å². The van der Waals surface area contributed by atoms with E-state index in [1.165, 1.54) is 0 Å². The Morgan fingerprint density at radius 3 is 2.44 bits per heavy atom. The van der Waals surface area contributed by atoms with Crippen LogP contribution in [0.2, 0.25) is 5.02 Å². The molecule has 4 nitrogen and oxygen atoms in total. The number of para-hydroxylation sites is 3. The third kappa shape index (κ3) is 4.27. The Morgan fingerprint density at radius 2 is 1.50 bits per heavy atom. The van der Waals surface area contributed by atoms with Crippen LogP contribution >= 0.6 is 11.6 Å². The van der Waals surface area contributed by atoms with Gasteiger partial charge in [-0.3, -0.25) is 0 Å². The fraction of sp³-hybridized carbons (Fsp3) is 0.148. The summed E-state index contributed by atoms with van der Waals surface area (Å²) >= 11 is 6.19. The molecule has 0 atom stereocenters. The highest BCUT2D eigenvalue weighted by Gasteiger charge is 2.12. The summed E-state index contributed by atoms with van der Waals surface area (Å²) in [6.45, 7) is 1.74. The number of fused-ring (bicyclic) bond motifs is 2. The van der Waals surface area contributed by atoms with E-state index in [4.69, 9.17) is 26.1 Å². The Balaban J connectivity index is 1.33. The van der Waals surface area contributed by atoms with Crippen LogP contribution in [0.15, 0.2) is 91.0 Å². The average Bonchev–Trinajstić information content (AvgIpc) is 3.19. The van der Waals surface area contributed by atoms with Gasteiger partial charge in [0.2, 0.25) is 0 Å². The van der Waals surface area contributed by atoms with Crippen LogP contribution in [-0.2, 0) is 13.2 Å². The number of benzene rings is 4. The quantitative estimate of drug-likeness (QED) is 0.245. The summed E-state index contributed by atoms with van der Waals surface area (Å²) in [5.74, 6) is 2.48. The smallest absolute Gasteiger partial charge is 0.148 e. The summed E-state index contributed by atoms with van der Waals surface area (Å²) < 4.78 is 14.3. The minimum absolute atomic E-state index is 0.397. The third-order valence-electron chi connectivity index (χ3n) is 5.46. The van der Waals surface area contributed by atoms with Gasteiger partial charge in [0.05, 0.1) is 22.7 Å². The van der Waals surface area contributed by atoms with Crippen LogP contribution in [0.3, 0.4) is 0 Å². The number of aromatic nitrogens is 2. The van der Waals surface area contributed by atoms with Crippen molar-refractivity contribution < 1.29 is 9.47 Å². The Kier molecular flexibility index (Phi) is 5.95. The van der Waals surface area contributed by atoms with Gasteiger partial charge in [-0.25, -0.2) is 4.98 Å². The van der Waals surface area contributed by atoms with Crippen molar-refractivity contribution >= 4 is 33.4 Å². The fourth-order valence-electron chi connectivity index (χ4n) is 3.92.